The van der Waals surface area contributed by atoms with Gasteiger partial charge in [0, 0.05) is 33.3 Å². The Bertz CT molecular complexity index is 1260. The molecule has 0 N–H and O–H groups in total. The molecule has 0 radical (unpaired) electrons. The minimum absolute atomic E-state index is 0.852. The lowest BCUT2D eigenvalue weighted by Crippen LogP contribution is -1.99. The maximum Gasteiger partial charge on any atom is 0.191 e. The van der Waals surface area contributed by atoms with Gasteiger partial charge in [-0.1, -0.05) is 72.4 Å². The molecule has 0 bridgehead atoms. The third-order valence-electron chi connectivity index (χ3n) is 4.99. The van der Waals surface area contributed by atoms with Crippen LogP contribution in [0.2, 0.25) is 0 Å². The highest BCUT2D eigenvalue weighted by molar-refractivity contribution is 7.98. The van der Waals surface area contributed by atoms with Crippen molar-refractivity contribution in [2.45, 2.75) is 24.4 Å². The molecule has 0 unspecified atom stereocenters. The van der Waals surface area contributed by atoms with Crippen LogP contribution in [0.4, 0.5) is 0 Å². The molecular weight excluding hydrogens is 382 g/mol. The molecule has 28 heavy (non-hydrogen) atoms. The first-order valence-corrected chi connectivity index (χ1v) is 11.2. The van der Waals surface area contributed by atoms with Crippen LogP contribution < -0.4 is 0 Å². The van der Waals surface area contributed by atoms with Crippen molar-refractivity contribution >= 4 is 44.0 Å². The van der Waals surface area contributed by atoms with E-state index < -0.39 is 0 Å². The molecule has 0 aliphatic carbocycles. The van der Waals surface area contributed by atoms with E-state index in [0.29, 0.717) is 0 Å². The zero-order chi connectivity index (χ0) is 18.9. The Kier molecular flexibility index (Phi) is 4.63. The smallest absolute Gasteiger partial charge is 0.191 e. The molecule has 0 aliphatic heterocycles. The fraction of sp³-hybridized carbons (Fsp3) is 0.130. The van der Waals surface area contributed by atoms with E-state index in [-0.39, 0.29) is 0 Å². The molecular formula is C23H19N3S2. The lowest BCUT2D eigenvalue weighted by atomic mass is 10.1. The maximum absolute atomic E-state index is 4.55. The van der Waals surface area contributed by atoms with Gasteiger partial charge in [-0.2, -0.15) is 0 Å². The van der Waals surface area contributed by atoms with E-state index in [1.807, 2.05) is 0 Å². The van der Waals surface area contributed by atoms with E-state index in [2.05, 4.69) is 93.8 Å². The summed E-state index contributed by atoms with van der Waals surface area (Å²) in [6.45, 7) is 3.01. The third kappa shape index (κ3) is 3.01. The molecule has 0 saturated heterocycles. The normalized spacial score (nSPS) is 11.5. The van der Waals surface area contributed by atoms with Gasteiger partial charge in [-0.3, -0.25) is 0 Å². The molecule has 0 atom stereocenters. The Hall–Kier alpha value is -2.63. The van der Waals surface area contributed by atoms with Gasteiger partial charge in [0.2, 0.25) is 0 Å². The van der Waals surface area contributed by atoms with Crippen LogP contribution in [0.25, 0.3) is 32.2 Å². The molecule has 0 aliphatic rings. The van der Waals surface area contributed by atoms with Gasteiger partial charge in [0.15, 0.2) is 11.0 Å². The topological polar surface area (TPSA) is 30.7 Å². The number of nitrogens with zero attached hydrogens (tertiary/aromatic N) is 3. The van der Waals surface area contributed by atoms with Gasteiger partial charge in [-0.25, -0.2) is 0 Å². The maximum atomic E-state index is 4.55. The van der Waals surface area contributed by atoms with E-state index in [1.54, 1.807) is 23.1 Å². The minimum Gasteiger partial charge on any atom is -0.302 e. The summed E-state index contributed by atoms with van der Waals surface area (Å²) in [4.78, 5) is 0. The Morgan fingerprint density at radius 2 is 1.68 bits per heavy atom. The lowest BCUT2D eigenvalue weighted by Gasteiger charge is -2.08. The molecule has 5 heteroatoms. The number of hydrogen-bond acceptors (Lipinski definition) is 4. The Morgan fingerprint density at radius 3 is 2.57 bits per heavy atom. The van der Waals surface area contributed by atoms with Gasteiger partial charge >= 0.3 is 0 Å². The number of hydrogen-bond donors (Lipinski definition) is 0. The van der Waals surface area contributed by atoms with Crippen molar-refractivity contribution in [3.8, 4) is 11.4 Å². The summed E-state index contributed by atoms with van der Waals surface area (Å²) >= 11 is 3.52. The standard InChI is InChI=1S/C23H19N3S2/c1-2-26-22(20-15-27-21-13-6-5-12-19(20)21)24-25-23(26)28-14-17-10-7-9-16-8-3-4-11-18(16)17/h3-13,15H,2,14H2,1H3. The number of rotatable bonds is 5. The fourth-order valence-corrected chi connectivity index (χ4v) is 5.54. The molecule has 0 amide bonds. The molecule has 138 valence electrons. The van der Waals surface area contributed by atoms with Crippen LogP contribution >= 0.6 is 23.1 Å². The van der Waals surface area contributed by atoms with Crippen LogP contribution in [-0.4, -0.2) is 14.8 Å². The molecule has 3 nitrogen and oxygen atoms in total. The van der Waals surface area contributed by atoms with Crippen LogP contribution in [-0.2, 0) is 12.3 Å². The molecule has 0 saturated carbocycles. The Balaban J connectivity index is 1.48. The predicted molar refractivity (Wildman–Crippen MR) is 120 cm³/mol. The van der Waals surface area contributed by atoms with E-state index in [0.717, 1.165) is 23.3 Å². The number of thiophene rings is 1. The molecule has 5 rings (SSSR count). The predicted octanol–water partition coefficient (Wildman–Crippen LogP) is 6.63. The SMILES string of the molecule is CCn1c(SCc2cccc3ccccc23)nnc1-c1csc2ccccc12. The number of benzene rings is 3. The van der Waals surface area contributed by atoms with Gasteiger partial charge in [-0.05, 0) is 29.3 Å². The van der Waals surface area contributed by atoms with Gasteiger partial charge < -0.3 is 4.57 Å². The second kappa shape index (κ2) is 7.41. The monoisotopic (exact) mass is 401 g/mol. The molecule has 2 aromatic heterocycles. The number of aromatic nitrogens is 3. The lowest BCUT2D eigenvalue weighted by molar-refractivity contribution is 0.687. The van der Waals surface area contributed by atoms with Crippen molar-refractivity contribution in [3.63, 3.8) is 0 Å². The first-order chi connectivity index (χ1) is 13.8. The third-order valence-corrected chi connectivity index (χ3v) is 6.97. The summed E-state index contributed by atoms with van der Waals surface area (Å²) in [6.07, 6.45) is 0. The Labute approximate surface area is 172 Å². The molecule has 0 spiro atoms. The summed E-state index contributed by atoms with van der Waals surface area (Å²) in [6, 6.07) is 23.5. The number of thioether (sulfide) groups is 1. The summed E-state index contributed by atoms with van der Waals surface area (Å²) < 4.78 is 3.51. The quantitative estimate of drug-likeness (QED) is 0.310. The largest absolute Gasteiger partial charge is 0.302 e. The summed E-state index contributed by atoms with van der Waals surface area (Å²) in [5, 5.41) is 16.1. The minimum atomic E-state index is 0.852. The van der Waals surface area contributed by atoms with Gasteiger partial charge in [-0.15, -0.1) is 21.5 Å². The van der Waals surface area contributed by atoms with Crippen LogP contribution in [0.15, 0.2) is 77.3 Å². The fourth-order valence-electron chi connectivity index (χ4n) is 3.59. The molecule has 2 heterocycles. The second-order valence-electron chi connectivity index (χ2n) is 6.62. The zero-order valence-electron chi connectivity index (χ0n) is 15.5. The zero-order valence-corrected chi connectivity index (χ0v) is 17.1. The second-order valence-corrected chi connectivity index (χ2v) is 8.48. The van der Waals surface area contributed by atoms with Crippen molar-refractivity contribution in [1.29, 1.82) is 0 Å². The Morgan fingerprint density at radius 1 is 0.893 bits per heavy atom. The van der Waals surface area contributed by atoms with Crippen LogP contribution in [0, 0.1) is 0 Å². The van der Waals surface area contributed by atoms with Gasteiger partial charge in [0.05, 0.1) is 0 Å². The number of fused-ring (bicyclic) bond motifs is 2. The van der Waals surface area contributed by atoms with Gasteiger partial charge in [0.1, 0.15) is 0 Å². The van der Waals surface area contributed by atoms with E-state index >= 15 is 0 Å². The average molecular weight is 402 g/mol. The van der Waals surface area contributed by atoms with Crippen molar-refractivity contribution in [1.82, 2.24) is 14.8 Å². The van der Waals surface area contributed by atoms with Crippen LogP contribution in [0.3, 0.4) is 0 Å². The molecule has 0 fully saturated rings. The average Bonchev–Trinajstić information content (AvgIpc) is 3.35. The highest BCUT2D eigenvalue weighted by Gasteiger charge is 2.16. The van der Waals surface area contributed by atoms with Crippen molar-refractivity contribution in [2.24, 2.45) is 0 Å². The summed E-state index contributed by atoms with van der Waals surface area (Å²) in [5.74, 6) is 1.84. The summed E-state index contributed by atoms with van der Waals surface area (Å²) in [5.41, 5.74) is 2.50. The first kappa shape index (κ1) is 17.5. The molecule has 3 aromatic carbocycles. The van der Waals surface area contributed by atoms with Crippen molar-refractivity contribution in [3.05, 3.63) is 77.7 Å². The van der Waals surface area contributed by atoms with E-state index in [1.165, 1.54) is 32.0 Å². The summed E-state index contributed by atoms with van der Waals surface area (Å²) in [7, 11) is 0. The van der Waals surface area contributed by atoms with Crippen molar-refractivity contribution < 1.29 is 0 Å². The van der Waals surface area contributed by atoms with Crippen LogP contribution in [0.1, 0.15) is 12.5 Å². The van der Waals surface area contributed by atoms with Crippen LogP contribution in [0.5, 0.6) is 0 Å². The van der Waals surface area contributed by atoms with E-state index in [9.17, 15) is 0 Å². The van der Waals surface area contributed by atoms with Crippen molar-refractivity contribution in [2.75, 3.05) is 0 Å². The van der Waals surface area contributed by atoms with Gasteiger partial charge in [0.25, 0.3) is 0 Å². The van der Waals surface area contributed by atoms with E-state index in [4.69, 9.17) is 0 Å². The highest BCUT2D eigenvalue weighted by Crippen LogP contribution is 2.35. The first-order valence-electron chi connectivity index (χ1n) is 9.34. The highest BCUT2D eigenvalue weighted by atomic mass is 32.2. The molecule has 5 aromatic rings.